The van der Waals surface area contributed by atoms with Crippen molar-refractivity contribution in [2.75, 3.05) is 6.54 Å². The van der Waals surface area contributed by atoms with Gasteiger partial charge in [0.1, 0.15) is 0 Å². The molecule has 2 nitrogen and oxygen atoms in total. The Balaban J connectivity index is 2.64. The third kappa shape index (κ3) is 4.19. The van der Waals surface area contributed by atoms with Gasteiger partial charge in [0.25, 0.3) is 0 Å². The van der Waals surface area contributed by atoms with Crippen LogP contribution in [0.25, 0.3) is 0 Å². The van der Waals surface area contributed by atoms with Crippen LogP contribution in [-0.2, 0) is 6.54 Å². The first-order chi connectivity index (χ1) is 8.22. The van der Waals surface area contributed by atoms with Crippen LogP contribution in [0, 0.1) is 5.92 Å². The van der Waals surface area contributed by atoms with Gasteiger partial charge in [0.05, 0.1) is 0 Å². The molecule has 1 unspecified atom stereocenters. The molecule has 0 bridgehead atoms. The van der Waals surface area contributed by atoms with E-state index >= 15 is 0 Å². The molecule has 17 heavy (non-hydrogen) atoms. The van der Waals surface area contributed by atoms with Crippen LogP contribution in [0.1, 0.15) is 58.7 Å². The molecule has 0 aliphatic heterocycles. The number of rotatable bonds is 8. The highest BCUT2D eigenvalue weighted by atomic mass is 15.0. The van der Waals surface area contributed by atoms with E-state index in [2.05, 4.69) is 55.9 Å². The second-order valence-corrected chi connectivity index (χ2v) is 4.94. The summed E-state index contributed by atoms with van der Waals surface area (Å²) in [5.41, 5.74) is 1.42. The van der Waals surface area contributed by atoms with E-state index < -0.39 is 0 Å². The summed E-state index contributed by atoms with van der Waals surface area (Å²) in [6.07, 6.45) is 5.95. The zero-order valence-electron chi connectivity index (χ0n) is 11.9. The predicted octanol–water partition coefficient (Wildman–Crippen LogP) is 3.98. The molecule has 0 amide bonds. The van der Waals surface area contributed by atoms with E-state index in [9.17, 15) is 0 Å². The minimum absolute atomic E-state index is 0.458. The van der Waals surface area contributed by atoms with Gasteiger partial charge >= 0.3 is 0 Å². The number of nitrogens with one attached hydrogen (secondary N) is 1. The van der Waals surface area contributed by atoms with Crippen LogP contribution in [-0.4, -0.2) is 11.1 Å². The summed E-state index contributed by atoms with van der Waals surface area (Å²) in [6, 6.07) is 4.87. The zero-order chi connectivity index (χ0) is 12.7. The lowest BCUT2D eigenvalue weighted by atomic mass is 10.0. The second-order valence-electron chi connectivity index (χ2n) is 4.94. The van der Waals surface area contributed by atoms with Crippen molar-refractivity contribution in [3.8, 4) is 0 Å². The van der Waals surface area contributed by atoms with Gasteiger partial charge in [-0.05, 0) is 37.9 Å². The topological polar surface area (TPSA) is 17.0 Å². The average Bonchev–Trinajstić information content (AvgIpc) is 2.81. The van der Waals surface area contributed by atoms with Gasteiger partial charge in [-0.25, -0.2) is 0 Å². The molecular weight excluding hydrogens is 208 g/mol. The smallest absolute Gasteiger partial charge is 0.0446 e. The van der Waals surface area contributed by atoms with Crippen molar-refractivity contribution >= 4 is 0 Å². The summed E-state index contributed by atoms with van der Waals surface area (Å²) < 4.78 is 2.42. The van der Waals surface area contributed by atoms with Gasteiger partial charge in [-0.15, -0.1) is 0 Å². The molecule has 1 atom stereocenters. The molecule has 98 valence electrons. The van der Waals surface area contributed by atoms with Gasteiger partial charge in [-0.1, -0.05) is 33.6 Å². The second kappa shape index (κ2) is 7.54. The highest BCUT2D eigenvalue weighted by molar-refractivity contribution is 5.11. The first kappa shape index (κ1) is 14.3. The fourth-order valence-electron chi connectivity index (χ4n) is 2.28. The Kier molecular flexibility index (Phi) is 6.35. The molecule has 0 radical (unpaired) electrons. The number of aromatic nitrogens is 1. The van der Waals surface area contributed by atoms with Crippen molar-refractivity contribution in [3.63, 3.8) is 0 Å². The molecule has 0 aliphatic carbocycles. The normalized spacial score (nSPS) is 13.2. The van der Waals surface area contributed by atoms with E-state index in [1.54, 1.807) is 0 Å². The van der Waals surface area contributed by atoms with Crippen LogP contribution in [0.4, 0.5) is 0 Å². The van der Waals surface area contributed by atoms with Crippen LogP contribution in [0.5, 0.6) is 0 Å². The molecule has 1 aromatic heterocycles. The monoisotopic (exact) mass is 236 g/mol. The molecule has 0 aliphatic rings. The van der Waals surface area contributed by atoms with Crippen LogP contribution < -0.4 is 5.32 Å². The van der Waals surface area contributed by atoms with Crippen LogP contribution in [0.15, 0.2) is 18.3 Å². The molecule has 1 rings (SSSR count). The first-order valence-electron chi connectivity index (χ1n) is 7.11. The summed E-state index contributed by atoms with van der Waals surface area (Å²) in [6.45, 7) is 11.3. The van der Waals surface area contributed by atoms with Crippen molar-refractivity contribution in [2.45, 2.75) is 59.5 Å². The Morgan fingerprint density at radius 2 is 1.94 bits per heavy atom. The molecule has 1 heterocycles. The Morgan fingerprint density at radius 1 is 1.24 bits per heavy atom. The van der Waals surface area contributed by atoms with Crippen molar-refractivity contribution in [1.29, 1.82) is 0 Å². The lowest BCUT2D eigenvalue weighted by molar-refractivity contribution is 0.401. The summed E-state index contributed by atoms with van der Waals surface area (Å²) >= 11 is 0. The van der Waals surface area contributed by atoms with Crippen molar-refractivity contribution in [2.24, 2.45) is 5.92 Å². The van der Waals surface area contributed by atoms with Gasteiger partial charge in [0.15, 0.2) is 0 Å². The Morgan fingerprint density at radius 3 is 2.53 bits per heavy atom. The first-order valence-corrected chi connectivity index (χ1v) is 7.11. The average molecular weight is 236 g/mol. The highest BCUT2D eigenvalue weighted by Crippen LogP contribution is 2.18. The Labute approximate surface area is 106 Å². The summed E-state index contributed by atoms with van der Waals surface area (Å²) in [5.74, 6) is 0.805. The molecule has 1 aromatic rings. The lowest BCUT2D eigenvalue weighted by Crippen LogP contribution is -2.23. The van der Waals surface area contributed by atoms with Gasteiger partial charge in [-0.3, -0.25) is 0 Å². The lowest BCUT2D eigenvalue weighted by Gasteiger charge is -2.20. The van der Waals surface area contributed by atoms with E-state index in [4.69, 9.17) is 0 Å². The molecule has 0 saturated carbocycles. The Hall–Kier alpha value is -0.760. The SMILES string of the molecule is CCCNC(C)c1cccn1CC(CC)CC. The number of hydrogen-bond donors (Lipinski definition) is 1. The fourth-order valence-corrected chi connectivity index (χ4v) is 2.28. The number of hydrogen-bond acceptors (Lipinski definition) is 1. The van der Waals surface area contributed by atoms with Gasteiger partial charge in [0, 0.05) is 24.5 Å². The van der Waals surface area contributed by atoms with Crippen LogP contribution in [0.2, 0.25) is 0 Å². The van der Waals surface area contributed by atoms with E-state index in [0.717, 1.165) is 19.0 Å². The number of nitrogens with zero attached hydrogens (tertiary/aromatic N) is 1. The zero-order valence-corrected chi connectivity index (χ0v) is 11.9. The van der Waals surface area contributed by atoms with Crippen molar-refractivity contribution in [3.05, 3.63) is 24.0 Å². The van der Waals surface area contributed by atoms with E-state index in [1.165, 1.54) is 25.0 Å². The van der Waals surface area contributed by atoms with Gasteiger partial charge in [-0.2, -0.15) is 0 Å². The molecular formula is C15H28N2. The molecule has 0 aromatic carbocycles. The van der Waals surface area contributed by atoms with Crippen LogP contribution in [0.3, 0.4) is 0 Å². The molecule has 2 heteroatoms. The minimum atomic E-state index is 0.458. The Bertz CT molecular complexity index is 300. The molecule has 0 saturated heterocycles. The van der Waals surface area contributed by atoms with Gasteiger partial charge in [0.2, 0.25) is 0 Å². The maximum atomic E-state index is 3.56. The van der Waals surface area contributed by atoms with Crippen LogP contribution >= 0.6 is 0 Å². The van der Waals surface area contributed by atoms with Crippen molar-refractivity contribution < 1.29 is 0 Å². The predicted molar refractivity (Wildman–Crippen MR) is 75.2 cm³/mol. The third-order valence-electron chi connectivity index (χ3n) is 3.62. The molecule has 0 fully saturated rings. The van der Waals surface area contributed by atoms with E-state index in [1.807, 2.05) is 0 Å². The summed E-state index contributed by atoms with van der Waals surface area (Å²) in [7, 11) is 0. The highest BCUT2D eigenvalue weighted by Gasteiger charge is 2.11. The maximum Gasteiger partial charge on any atom is 0.0446 e. The quantitative estimate of drug-likeness (QED) is 0.722. The van der Waals surface area contributed by atoms with E-state index in [-0.39, 0.29) is 0 Å². The minimum Gasteiger partial charge on any atom is -0.350 e. The summed E-state index contributed by atoms with van der Waals surface area (Å²) in [5, 5.41) is 3.56. The fraction of sp³-hybridized carbons (Fsp3) is 0.733. The van der Waals surface area contributed by atoms with Crippen molar-refractivity contribution in [1.82, 2.24) is 9.88 Å². The summed E-state index contributed by atoms with van der Waals surface area (Å²) in [4.78, 5) is 0. The third-order valence-corrected chi connectivity index (χ3v) is 3.62. The maximum absolute atomic E-state index is 3.56. The van der Waals surface area contributed by atoms with E-state index in [0.29, 0.717) is 6.04 Å². The molecule has 1 N–H and O–H groups in total. The molecule has 0 spiro atoms. The largest absolute Gasteiger partial charge is 0.350 e. The standard InChI is InChI=1S/C15H28N2/c1-5-10-16-13(4)15-9-8-11-17(15)12-14(6-2)7-3/h8-9,11,13-14,16H,5-7,10,12H2,1-4H3. The van der Waals surface area contributed by atoms with Gasteiger partial charge < -0.3 is 9.88 Å².